The highest BCUT2D eigenvalue weighted by atomic mass is 19.4. The molecule has 0 bridgehead atoms. The van der Waals surface area contributed by atoms with Gasteiger partial charge in [-0.25, -0.2) is 4.79 Å². The van der Waals surface area contributed by atoms with Crippen LogP contribution in [0, 0.1) is 0 Å². The number of anilines is 2. The summed E-state index contributed by atoms with van der Waals surface area (Å²) in [5, 5.41) is 14.4. The quantitative estimate of drug-likeness (QED) is 0.788. The second kappa shape index (κ2) is 7.29. The predicted molar refractivity (Wildman–Crippen MR) is 86.2 cm³/mol. The average Bonchev–Trinajstić information content (AvgIpc) is 2.48. The van der Waals surface area contributed by atoms with Crippen molar-refractivity contribution in [2.45, 2.75) is 44.0 Å². The van der Waals surface area contributed by atoms with Crippen LogP contribution in [0.25, 0.3) is 0 Å². The average molecular weight is 345 g/mol. The molecule has 24 heavy (non-hydrogen) atoms. The number of halogens is 3. The smallest absolute Gasteiger partial charge is 0.393 e. The van der Waals surface area contributed by atoms with Gasteiger partial charge in [-0.15, -0.1) is 0 Å². The molecule has 3 N–H and O–H groups in total. The second-order valence-corrected chi connectivity index (χ2v) is 6.23. The summed E-state index contributed by atoms with van der Waals surface area (Å²) in [5.41, 5.74) is -0.765. The number of carbonyl (C=O) groups excluding carboxylic acids is 1. The van der Waals surface area contributed by atoms with E-state index in [1.165, 1.54) is 12.1 Å². The van der Waals surface area contributed by atoms with Crippen LogP contribution in [-0.2, 0) is 6.18 Å². The van der Waals surface area contributed by atoms with Crippen molar-refractivity contribution in [2.75, 3.05) is 24.3 Å². The van der Waals surface area contributed by atoms with E-state index in [1.807, 2.05) is 0 Å². The molecule has 5 nitrogen and oxygen atoms in total. The SMILES string of the molecule is CN(C)c1ccc(NC(=O)NC2CCC(O)CC2)c(C(F)(F)F)c1. The monoisotopic (exact) mass is 345 g/mol. The highest BCUT2D eigenvalue weighted by Gasteiger charge is 2.34. The Hall–Kier alpha value is -1.96. The van der Waals surface area contributed by atoms with Crippen molar-refractivity contribution in [1.82, 2.24) is 5.32 Å². The summed E-state index contributed by atoms with van der Waals surface area (Å²) >= 11 is 0. The normalized spacial score (nSPS) is 21.2. The summed E-state index contributed by atoms with van der Waals surface area (Å²) in [6.07, 6.45) is -2.54. The van der Waals surface area contributed by atoms with Crippen LogP contribution in [-0.4, -0.2) is 37.4 Å². The number of hydrogen-bond donors (Lipinski definition) is 3. The Balaban J connectivity index is 2.09. The lowest BCUT2D eigenvalue weighted by Gasteiger charge is -2.26. The molecule has 134 valence electrons. The second-order valence-electron chi connectivity index (χ2n) is 6.23. The van der Waals surface area contributed by atoms with Gasteiger partial charge in [0.1, 0.15) is 0 Å². The van der Waals surface area contributed by atoms with Crippen LogP contribution in [0.2, 0.25) is 0 Å². The number of rotatable bonds is 3. The van der Waals surface area contributed by atoms with Crippen molar-refractivity contribution < 1.29 is 23.1 Å². The van der Waals surface area contributed by atoms with E-state index in [1.54, 1.807) is 19.0 Å². The van der Waals surface area contributed by atoms with E-state index in [9.17, 15) is 23.1 Å². The first-order valence-corrected chi connectivity index (χ1v) is 7.81. The summed E-state index contributed by atoms with van der Waals surface area (Å²) in [7, 11) is 3.29. The Kier molecular flexibility index (Phi) is 5.58. The molecule has 0 aromatic heterocycles. The zero-order valence-electron chi connectivity index (χ0n) is 13.7. The van der Waals surface area contributed by atoms with Crippen LogP contribution < -0.4 is 15.5 Å². The number of amides is 2. The summed E-state index contributed by atoms with van der Waals surface area (Å²) in [5.74, 6) is 0. The van der Waals surface area contributed by atoms with Crippen molar-refractivity contribution in [3.63, 3.8) is 0 Å². The molecular formula is C16H22F3N3O2. The molecule has 2 rings (SSSR count). The summed E-state index contributed by atoms with van der Waals surface area (Å²) in [4.78, 5) is 13.6. The minimum absolute atomic E-state index is 0.135. The van der Waals surface area contributed by atoms with Crippen molar-refractivity contribution in [3.8, 4) is 0 Å². The predicted octanol–water partition coefficient (Wildman–Crippen LogP) is 3.20. The lowest BCUT2D eigenvalue weighted by molar-refractivity contribution is -0.136. The third-order valence-electron chi connectivity index (χ3n) is 4.11. The number of aliphatic hydroxyl groups is 1. The number of hydrogen-bond acceptors (Lipinski definition) is 3. The number of nitrogens with one attached hydrogen (secondary N) is 2. The Morgan fingerprint density at radius 2 is 1.83 bits per heavy atom. The van der Waals surface area contributed by atoms with Crippen molar-refractivity contribution in [3.05, 3.63) is 23.8 Å². The Morgan fingerprint density at radius 3 is 2.38 bits per heavy atom. The van der Waals surface area contributed by atoms with Crippen molar-refractivity contribution in [2.24, 2.45) is 0 Å². The Morgan fingerprint density at radius 1 is 1.21 bits per heavy atom. The molecule has 0 unspecified atom stereocenters. The molecule has 0 radical (unpaired) electrons. The molecular weight excluding hydrogens is 323 g/mol. The standard InChI is InChI=1S/C16H22F3N3O2/c1-22(2)11-5-8-14(13(9-11)16(17,18)19)21-15(24)20-10-3-6-12(23)7-4-10/h5,8-10,12,23H,3-4,6-7H2,1-2H3,(H2,20,21,24). The van der Waals surface area contributed by atoms with Gasteiger partial charge in [0.25, 0.3) is 0 Å². The van der Waals surface area contributed by atoms with Gasteiger partial charge in [0.2, 0.25) is 0 Å². The highest BCUT2D eigenvalue weighted by Crippen LogP contribution is 2.37. The van der Waals surface area contributed by atoms with Crippen LogP contribution >= 0.6 is 0 Å². The van der Waals surface area contributed by atoms with E-state index < -0.39 is 17.8 Å². The van der Waals surface area contributed by atoms with Gasteiger partial charge in [-0.1, -0.05) is 0 Å². The fourth-order valence-corrected chi connectivity index (χ4v) is 2.72. The number of benzene rings is 1. The van der Waals surface area contributed by atoms with Gasteiger partial charge in [0, 0.05) is 25.8 Å². The first kappa shape index (κ1) is 18.4. The number of nitrogens with zero attached hydrogens (tertiary/aromatic N) is 1. The van der Waals surface area contributed by atoms with E-state index in [0.717, 1.165) is 6.07 Å². The summed E-state index contributed by atoms with van der Waals surface area (Å²) in [6.45, 7) is 0. The van der Waals surface area contributed by atoms with E-state index >= 15 is 0 Å². The maximum Gasteiger partial charge on any atom is 0.418 e. The molecule has 0 heterocycles. The van der Waals surface area contributed by atoms with Crippen molar-refractivity contribution in [1.29, 1.82) is 0 Å². The number of urea groups is 1. The van der Waals surface area contributed by atoms with Gasteiger partial charge in [-0.05, 0) is 43.9 Å². The molecule has 1 aromatic rings. The highest BCUT2D eigenvalue weighted by molar-refractivity contribution is 5.90. The number of aliphatic hydroxyl groups excluding tert-OH is 1. The molecule has 0 atom stereocenters. The maximum absolute atomic E-state index is 13.2. The molecule has 0 aliphatic heterocycles. The third-order valence-corrected chi connectivity index (χ3v) is 4.11. The lowest BCUT2D eigenvalue weighted by Crippen LogP contribution is -2.41. The minimum atomic E-state index is -4.57. The third kappa shape index (κ3) is 4.77. The molecule has 1 fully saturated rings. The topological polar surface area (TPSA) is 64.6 Å². The first-order chi connectivity index (χ1) is 11.2. The fraction of sp³-hybridized carbons (Fsp3) is 0.562. The molecule has 0 saturated heterocycles. The zero-order chi connectivity index (χ0) is 17.9. The Labute approximate surface area is 138 Å². The number of alkyl halides is 3. The van der Waals surface area contributed by atoms with Gasteiger partial charge < -0.3 is 20.6 Å². The summed E-state index contributed by atoms with van der Waals surface area (Å²) in [6, 6.07) is 2.97. The molecule has 8 heteroatoms. The maximum atomic E-state index is 13.2. The van der Waals surface area contributed by atoms with Crippen molar-refractivity contribution >= 4 is 17.4 Å². The van der Waals surface area contributed by atoms with Crippen LogP contribution in [0.3, 0.4) is 0 Å². The molecule has 1 aliphatic carbocycles. The number of carbonyl (C=O) groups is 1. The van der Waals surface area contributed by atoms with Crippen LogP contribution in [0.1, 0.15) is 31.2 Å². The lowest BCUT2D eigenvalue weighted by atomic mass is 9.93. The molecule has 2 amide bonds. The molecule has 1 saturated carbocycles. The first-order valence-electron chi connectivity index (χ1n) is 7.81. The van der Waals surface area contributed by atoms with Crippen LogP contribution in [0.15, 0.2) is 18.2 Å². The fourth-order valence-electron chi connectivity index (χ4n) is 2.72. The van der Waals surface area contributed by atoms with Crippen LogP contribution in [0.4, 0.5) is 29.3 Å². The van der Waals surface area contributed by atoms with E-state index in [4.69, 9.17) is 0 Å². The largest absolute Gasteiger partial charge is 0.418 e. The Bertz CT molecular complexity index is 582. The van der Waals surface area contributed by atoms with E-state index in [0.29, 0.717) is 31.4 Å². The van der Waals surface area contributed by atoms with Crippen LogP contribution in [0.5, 0.6) is 0 Å². The van der Waals surface area contributed by atoms with Gasteiger partial charge in [-0.3, -0.25) is 0 Å². The molecule has 0 spiro atoms. The van der Waals surface area contributed by atoms with E-state index in [2.05, 4.69) is 10.6 Å². The van der Waals surface area contributed by atoms with Gasteiger partial charge in [0.15, 0.2) is 0 Å². The zero-order valence-corrected chi connectivity index (χ0v) is 13.7. The van der Waals surface area contributed by atoms with Gasteiger partial charge in [-0.2, -0.15) is 13.2 Å². The molecule has 1 aliphatic rings. The molecule has 1 aromatic carbocycles. The van der Waals surface area contributed by atoms with Gasteiger partial charge in [0.05, 0.1) is 17.4 Å². The summed E-state index contributed by atoms with van der Waals surface area (Å²) < 4.78 is 39.7. The van der Waals surface area contributed by atoms with E-state index in [-0.39, 0.29) is 17.8 Å². The minimum Gasteiger partial charge on any atom is -0.393 e. The van der Waals surface area contributed by atoms with Gasteiger partial charge >= 0.3 is 12.2 Å².